The van der Waals surface area contributed by atoms with Gasteiger partial charge in [0.25, 0.3) is 5.91 Å². The first-order valence-corrected chi connectivity index (χ1v) is 7.06. The fraction of sp³-hybridized carbons (Fsp3) is 0.467. The molecule has 0 radical (unpaired) electrons. The smallest absolute Gasteiger partial charge is 0.311 e. The summed E-state index contributed by atoms with van der Waals surface area (Å²) >= 11 is 0. The van der Waals surface area contributed by atoms with E-state index in [9.17, 15) is 20.2 Å². The Morgan fingerprint density at radius 3 is 2.77 bits per heavy atom. The zero-order valence-electron chi connectivity index (χ0n) is 12.3. The quantitative estimate of drug-likeness (QED) is 0.663. The third-order valence-corrected chi connectivity index (χ3v) is 3.72. The molecule has 1 saturated carbocycles. The normalized spacial score (nSPS) is 15.8. The Kier molecular flexibility index (Phi) is 4.61. The van der Waals surface area contributed by atoms with Gasteiger partial charge in [0.15, 0.2) is 12.4 Å². The summed E-state index contributed by atoms with van der Waals surface area (Å²) in [7, 11) is 0. The van der Waals surface area contributed by atoms with E-state index in [4.69, 9.17) is 4.74 Å². The number of carbonyl (C=O) groups excluding carboxylic acids is 1. The second-order valence-electron chi connectivity index (χ2n) is 5.47. The number of benzene rings is 1. The van der Waals surface area contributed by atoms with Crippen molar-refractivity contribution >= 4 is 11.6 Å². The van der Waals surface area contributed by atoms with Crippen LogP contribution in [0.15, 0.2) is 18.2 Å². The Balaban J connectivity index is 2.00. The van der Waals surface area contributed by atoms with E-state index in [1.54, 1.807) is 13.0 Å². The average Bonchev–Trinajstić information content (AvgIpc) is 2.95. The molecule has 0 heterocycles. The van der Waals surface area contributed by atoms with Crippen molar-refractivity contribution in [1.29, 1.82) is 5.26 Å². The Morgan fingerprint density at radius 2 is 2.18 bits per heavy atom. The third kappa shape index (κ3) is 3.52. The molecular formula is C15H17N3O4. The van der Waals surface area contributed by atoms with Crippen LogP contribution in [0.2, 0.25) is 0 Å². The molecular weight excluding hydrogens is 286 g/mol. The summed E-state index contributed by atoms with van der Waals surface area (Å²) in [6.45, 7) is 1.38. The van der Waals surface area contributed by atoms with Crippen LogP contribution in [0.1, 0.15) is 31.2 Å². The molecule has 1 aliphatic carbocycles. The Labute approximate surface area is 128 Å². The Bertz CT molecular complexity index is 630. The zero-order chi connectivity index (χ0) is 16.2. The summed E-state index contributed by atoms with van der Waals surface area (Å²) in [5.41, 5.74) is -0.263. The van der Waals surface area contributed by atoms with Gasteiger partial charge >= 0.3 is 5.69 Å². The molecule has 1 amide bonds. The monoisotopic (exact) mass is 303 g/mol. The van der Waals surface area contributed by atoms with Gasteiger partial charge in [0.2, 0.25) is 0 Å². The molecule has 2 rings (SSSR count). The number of hydrogen-bond donors (Lipinski definition) is 1. The highest BCUT2D eigenvalue weighted by molar-refractivity contribution is 5.79. The summed E-state index contributed by atoms with van der Waals surface area (Å²) in [5, 5.41) is 22.9. The lowest BCUT2D eigenvalue weighted by atomic mass is 10.00. The van der Waals surface area contributed by atoms with Crippen molar-refractivity contribution in [3.05, 3.63) is 33.9 Å². The number of amides is 1. The number of rotatable bonds is 5. The van der Waals surface area contributed by atoms with Crippen LogP contribution < -0.4 is 10.1 Å². The largest absolute Gasteiger partial charge is 0.477 e. The summed E-state index contributed by atoms with van der Waals surface area (Å²) in [6, 6.07) is 6.68. The van der Waals surface area contributed by atoms with Gasteiger partial charge in [0.05, 0.1) is 11.0 Å². The maximum absolute atomic E-state index is 11.9. The first kappa shape index (κ1) is 15.8. The van der Waals surface area contributed by atoms with E-state index in [-0.39, 0.29) is 18.0 Å². The molecule has 0 atom stereocenters. The predicted molar refractivity (Wildman–Crippen MR) is 78.3 cm³/mol. The zero-order valence-corrected chi connectivity index (χ0v) is 12.3. The van der Waals surface area contributed by atoms with Crippen LogP contribution in [0.3, 0.4) is 0 Å². The fourth-order valence-corrected chi connectivity index (χ4v) is 2.58. The van der Waals surface area contributed by atoms with Crippen LogP contribution in [0.25, 0.3) is 0 Å². The summed E-state index contributed by atoms with van der Waals surface area (Å²) in [5.74, 6) is -0.401. The van der Waals surface area contributed by atoms with Gasteiger partial charge in [0, 0.05) is 6.07 Å². The molecule has 0 bridgehead atoms. The van der Waals surface area contributed by atoms with Gasteiger partial charge in [-0.1, -0.05) is 6.07 Å². The van der Waals surface area contributed by atoms with Gasteiger partial charge in [-0.3, -0.25) is 14.9 Å². The molecule has 7 heteroatoms. The number of hydrogen-bond acceptors (Lipinski definition) is 5. The van der Waals surface area contributed by atoms with Crippen molar-refractivity contribution in [2.75, 3.05) is 6.61 Å². The van der Waals surface area contributed by atoms with Crippen LogP contribution in [0.5, 0.6) is 5.75 Å². The van der Waals surface area contributed by atoms with Gasteiger partial charge < -0.3 is 10.1 Å². The maximum Gasteiger partial charge on any atom is 0.311 e. The lowest BCUT2D eigenvalue weighted by Crippen LogP contribution is -2.47. The van der Waals surface area contributed by atoms with E-state index >= 15 is 0 Å². The van der Waals surface area contributed by atoms with E-state index in [1.807, 2.05) is 0 Å². The van der Waals surface area contributed by atoms with Gasteiger partial charge in [-0.15, -0.1) is 0 Å². The second-order valence-corrected chi connectivity index (χ2v) is 5.47. The molecule has 1 aromatic rings. The van der Waals surface area contributed by atoms with Gasteiger partial charge in [-0.25, -0.2) is 0 Å². The van der Waals surface area contributed by atoms with E-state index in [0.29, 0.717) is 12.8 Å². The highest BCUT2D eigenvalue weighted by atomic mass is 16.6. The molecule has 1 aliphatic rings. The third-order valence-electron chi connectivity index (χ3n) is 3.72. The van der Waals surface area contributed by atoms with Gasteiger partial charge in [-0.2, -0.15) is 5.26 Å². The number of aryl methyl sites for hydroxylation is 1. The summed E-state index contributed by atoms with van der Waals surface area (Å²) < 4.78 is 5.25. The fourth-order valence-electron chi connectivity index (χ4n) is 2.58. The van der Waals surface area contributed by atoms with Crippen molar-refractivity contribution < 1.29 is 14.5 Å². The number of carbonyl (C=O) groups is 1. The minimum absolute atomic E-state index is 0.0446. The minimum Gasteiger partial charge on any atom is -0.477 e. The number of nitro benzene ring substituents is 1. The van der Waals surface area contributed by atoms with Crippen molar-refractivity contribution in [2.45, 2.75) is 38.1 Å². The molecule has 116 valence electrons. The van der Waals surface area contributed by atoms with Crippen molar-refractivity contribution in [2.24, 2.45) is 0 Å². The van der Waals surface area contributed by atoms with Crippen LogP contribution in [0.4, 0.5) is 5.69 Å². The standard InChI is InChI=1S/C15H17N3O4/c1-11-4-5-13(12(8-11)18(20)21)22-9-14(19)17-15(10-16)6-2-3-7-15/h4-5,8H,2-3,6-7,9H2,1H3,(H,17,19). The lowest BCUT2D eigenvalue weighted by Gasteiger charge is -2.21. The van der Waals surface area contributed by atoms with E-state index in [2.05, 4.69) is 11.4 Å². The molecule has 1 fully saturated rings. The molecule has 0 saturated heterocycles. The first-order valence-electron chi connectivity index (χ1n) is 7.06. The average molecular weight is 303 g/mol. The molecule has 1 N–H and O–H groups in total. The number of nitriles is 1. The molecule has 1 aromatic carbocycles. The summed E-state index contributed by atoms with van der Waals surface area (Å²) in [4.78, 5) is 22.4. The Morgan fingerprint density at radius 1 is 1.50 bits per heavy atom. The number of ether oxygens (including phenoxy) is 1. The number of nitrogens with zero attached hydrogens (tertiary/aromatic N) is 2. The van der Waals surface area contributed by atoms with E-state index in [1.165, 1.54) is 12.1 Å². The van der Waals surface area contributed by atoms with E-state index in [0.717, 1.165) is 18.4 Å². The predicted octanol–water partition coefficient (Wildman–Crippen LogP) is 2.23. The van der Waals surface area contributed by atoms with Crippen LogP contribution in [-0.4, -0.2) is 23.0 Å². The van der Waals surface area contributed by atoms with Crippen LogP contribution in [0, 0.1) is 28.4 Å². The molecule has 7 nitrogen and oxygen atoms in total. The van der Waals surface area contributed by atoms with Gasteiger partial charge in [-0.05, 0) is 44.2 Å². The highest BCUT2D eigenvalue weighted by Gasteiger charge is 2.35. The number of nitro groups is 1. The van der Waals surface area contributed by atoms with Crippen molar-refractivity contribution in [3.63, 3.8) is 0 Å². The van der Waals surface area contributed by atoms with Gasteiger partial charge in [0.1, 0.15) is 5.54 Å². The minimum atomic E-state index is -0.820. The molecule has 0 spiro atoms. The topological polar surface area (TPSA) is 105 Å². The summed E-state index contributed by atoms with van der Waals surface area (Å²) in [6.07, 6.45) is 3.05. The molecule has 0 aliphatic heterocycles. The second kappa shape index (κ2) is 6.43. The van der Waals surface area contributed by atoms with Crippen molar-refractivity contribution in [1.82, 2.24) is 5.32 Å². The van der Waals surface area contributed by atoms with E-state index < -0.39 is 16.4 Å². The number of nitrogens with one attached hydrogen (secondary N) is 1. The molecule has 0 unspecified atom stereocenters. The lowest BCUT2D eigenvalue weighted by molar-refractivity contribution is -0.385. The van der Waals surface area contributed by atoms with Crippen molar-refractivity contribution in [3.8, 4) is 11.8 Å². The van der Waals surface area contributed by atoms with Crippen LogP contribution in [-0.2, 0) is 4.79 Å². The van der Waals surface area contributed by atoms with Crippen LogP contribution >= 0.6 is 0 Å². The molecule has 0 aromatic heterocycles. The highest BCUT2D eigenvalue weighted by Crippen LogP contribution is 2.29. The maximum atomic E-state index is 11.9. The Hall–Kier alpha value is -2.62. The SMILES string of the molecule is Cc1ccc(OCC(=O)NC2(C#N)CCCC2)c([N+](=O)[O-])c1. The molecule has 22 heavy (non-hydrogen) atoms. The first-order chi connectivity index (χ1) is 10.5.